The van der Waals surface area contributed by atoms with Crippen LogP contribution in [0.25, 0.3) is 0 Å². The van der Waals surface area contributed by atoms with Crippen molar-refractivity contribution in [3.8, 4) is 40.2 Å². The molecule has 35 heavy (non-hydrogen) atoms. The predicted molar refractivity (Wildman–Crippen MR) is 119 cm³/mol. The van der Waals surface area contributed by atoms with Gasteiger partial charge in [0, 0.05) is 23.8 Å². The Balaban J connectivity index is 1.47. The number of fused-ring (bicyclic) bond motifs is 2. The van der Waals surface area contributed by atoms with Crippen LogP contribution in [-0.4, -0.2) is 57.2 Å². The molecule has 10 nitrogen and oxygen atoms in total. The number of carbonyl (C=O) groups excluding carboxylic acids is 1. The molecular formula is C25H22O10. The SMILES string of the molecule is COc1cc(O)cc(C2Oc3ccc(C4Oc5cc(O)cc(O)c5C(=O)C4O)cc3OC2CO)c1. The summed E-state index contributed by atoms with van der Waals surface area (Å²) < 4.78 is 23.0. The van der Waals surface area contributed by atoms with E-state index in [9.17, 15) is 30.3 Å². The molecule has 0 saturated carbocycles. The number of hydrogen-bond donors (Lipinski definition) is 5. The zero-order valence-electron chi connectivity index (χ0n) is 18.4. The van der Waals surface area contributed by atoms with Crippen LogP contribution in [0.15, 0.2) is 48.5 Å². The van der Waals surface area contributed by atoms with Gasteiger partial charge >= 0.3 is 0 Å². The summed E-state index contributed by atoms with van der Waals surface area (Å²) in [6.45, 7) is -0.403. The molecule has 5 rings (SSSR count). The average Bonchev–Trinajstić information content (AvgIpc) is 2.84. The Kier molecular flexibility index (Phi) is 5.54. The van der Waals surface area contributed by atoms with E-state index in [4.69, 9.17) is 18.9 Å². The zero-order valence-corrected chi connectivity index (χ0v) is 18.4. The number of hydrogen-bond acceptors (Lipinski definition) is 10. The van der Waals surface area contributed by atoms with Gasteiger partial charge in [-0.3, -0.25) is 4.79 Å². The molecule has 10 heteroatoms. The van der Waals surface area contributed by atoms with Gasteiger partial charge in [0.25, 0.3) is 0 Å². The lowest BCUT2D eigenvalue weighted by Gasteiger charge is -2.35. The van der Waals surface area contributed by atoms with Gasteiger partial charge < -0.3 is 44.5 Å². The van der Waals surface area contributed by atoms with E-state index in [-0.39, 0.29) is 28.6 Å². The van der Waals surface area contributed by atoms with E-state index in [0.29, 0.717) is 22.6 Å². The number of ketones is 1. The van der Waals surface area contributed by atoms with E-state index >= 15 is 0 Å². The minimum Gasteiger partial charge on any atom is -0.508 e. The summed E-state index contributed by atoms with van der Waals surface area (Å²) in [6.07, 6.45) is -4.36. The second-order valence-corrected chi connectivity index (χ2v) is 8.23. The van der Waals surface area contributed by atoms with Crippen molar-refractivity contribution in [2.24, 2.45) is 0 Å². The highest BCUT2D eigenvalue weighted by molar-refractivity contribution is 6.05. The predicted octanol–water partition coefficient (Wildman–Crippen LogP) is 2.36. The van der Waals surface area contributed by atoms with Gasteiger partial charge in [-0.25, -0.2) is 0 Å². The van der Waals surface area contributed by atoms with Gasteiger partial charge in [0.1, 0.15) is 34.3 Å². The number of aliphatic hydroxyl groups is 2. The normalized spacial score (nSPS) is 22.8. The van der Waals surface area contributed by atoms with Gasteiger partial charge in [0.2, 0.25) is 5.78 Å². The second kappa shape index (κ2) is 8.57. The number of phenolic OH excluding ortho intramolecular Hbond substituents is 3. The smallest absolute Gasteiger partial charge is 0.202 e. The van der Waals surface area contributed by atoms with Crippen molar-refractivity contribution in [1.82, 2.24) is 0 Å². The molecule has 2 aliphatic heterocycles. The number of carbonyl (C=O) groups is 1. The molecule has 0 amide bonds. The van der Waals surface area contributed by atoms with Crippen LogP contribution >= 0.6 is 0 Å². The molecule has 2 aliphatic rings. The standard InChI is InChI=1S/C25H22O10/c1-32-15-5-12(4-13(27)7-15)24-20(10-26)33-18-6-11(2-3-17(18)34-24)25-23(31)22(30)21-16(29)8-14(28)9-19(21)35-25/h2-9,20,23-29,31H,10H2,1H3. The van der Waals surface area contributed by atoms with Crippen molar-refractivity contribution in [3.05, 3.63) is 65.2 Å². The minimum atomic E-state index is -1.62. The van der Waals surface area contributed by atoms with E-state index in [1.165, 1.54) is 31.4 Å². The highest BCUT2D eigenvalue weighted by atomic mass is 16.6. The molecule has 0 radical (unpaired) electrons. The van der Waals surface area contributed by atoms with E-state index in [1.807, 2.05) is 0 Å². The van der Waals surface area contributed by atoms with Crippen LogP contribution in [0.4, 0.5) is 0 Å². The average molecular weight is 482 g/mol. The summed E-state index contributed by atoms with van der Waals surface area (Å²) in [4.78, 5) is 12.7. The molecule has 0 bridgehead atoms. The molecule has 182 valence electrons. The fraction of sp³-hybridized carbons (Fsp3) is 0.240. The van der Waals surface area contributed by atoms with Crippen molar-refractivity contribution in [2.45, 2.75) is 24.4 Å². The highest BCUT2D eigenvalue weighted by Crippen LogP contribution is 2.45. The summed E-state index contributed by atoms with van der Waals surface area (Å²) in [5.41, 5.74) is 0.688. The summed E-state index contributed by atoms with van der Waals surface area (Å²) in [5, 5.41) is 50.3. The monoisotopic (exact) mass is 482 g/mol. The number of phenols is 3. The Hall–Kier alpha value is -4.15. The number of ether oxygens (including phenoxy) is 4. The maximum absolute atomic E-state index is 12.7. The summed E-state index contributed by atoms with van der Waals surface area (Å²) in [5.74, 6) is -0.663. The molecule has 4 unspecified atom stereocenters. The Bertz CT molecular complexity index is 1300. The lowest BCUT2D eigenvalue weighted by atomic mass is 9.92. The summed E-state index contributed by atoms with van der Waals surface area (Å²) in [7, 11) is 1.46. The van der Waals surface area contributed by atoms with Crippen LogP contribution in [0.2, 0.25) is 0 Å². The minimum absolute atomic E-state index is 0.0359. The molecule has 0 saturated heterocycles. The number of aliphatic hydroxyl groups excluding tert-OH is 2. The Morgan fingerprint density at radius 3 is 2.31 bits per heavy atom. The summed E-state index contributed by atoms with van der Waals surface area (Å²) >= 11 is 0. The van der Waals surface area contributed by atoms with Crippen LogP contribution in [0.3, 0.4) is 0 Å². The molecule has 0 aliphatic carbocycles. The van der Waals surface area contributed by atoms with Crippen LogP contribution in [0.5, 0.6) is 40.2 Å². The third-order valence-corrected chi connectivity index (χ3v) is 5.95. The van der Waals surface area contributed by atoms with E-state index in [2.05, 4.69) is 0 Å². The number of Topliss-reactive ketones (excluding diaryl/α,β-unsaturated/α-hetero) is 1. The third-order valence-electron chi connectivity index (χ3n) is 5.95. The molecule has 3 aromatic carbocycles. The van der Waals surface area contributed by atoms with Gasteiger partial charge in [-0.15, -0.1) is 0 Å². The maximum atomic E-state index is 12.7. The fourth-order valence-electron chi connectivity index (χ4n) is 4.30. The van der Waals surface area contributed by atoms with E-state index in [1.54, 1.807) is 18.2 Å². The van der Waals surface area contributed by atoms with Crippen LogP contribution in [0, 0.1) is 0 Å². The van der Waals surface area contributed by atoms with Crippen molar-refractivity contribution in [2.75, 3.05) is 13.7 Å². The van der Waals surface area contributed by atoms with Crippen molar-refractivity contribution >= 4 is 5.78 Å². The summed E-state index contributed by atoms with van der Waals surface area (Å²) in [6, 6.07) is 11.4. The molecule has 4 atom stereocenters. The topological polar surface area (TPSA) is 155 Å². The van der Waals surface area contributed by atoms with Crippen molar-refractivity contribution < 1.29 is 49.3 Å². The first-order valence-corrected chi connectivity index (χ1v) is 10.7. The fourth-order valence-corrected chi connectivity index (χ4v) is 4.30. The van der Waals surface area contributed by atoms with Crippen LogP contribution < -0.4 is 18.9 Å². The van der Waals surface area contributed by atoms with Gasteiger partial charge in [-0.1, -0.05) is 6.07 Å². The number of rotatable bonds is 4. The quantitative estimate of drug-likeness (QED) is 0.374. The third kappa shape index (κ3) is 3.92. The first-order valence-electron chi connectivity index (χ1n) is 10.7. The number of benzene rings is 3. The second-order valence-electron chi connectivity index (χ2n) is 8.23. The first-order chi connectivity index (χ1) is 16.8. The molecular weight excluding hydrogens is 460 g/mol. The van der Waals surface area contributed by atoms with Crippen LogP contribution in [0.1, 0.15) is 33.7 Å². The van der Waals surface area contributed by atoms with Gasteiger partial charge in [0.05, 0.1) is 13.7 Å². The number of methoxy groups -OCH3 is 1. The van der Waals surface area contributed by atoms with Crippen molar-refractivity contribution in [3.63, 3.8) is 0 Å². The van der Waals surface area contributed by atoms with E-state index < -0.39 is 42.6 Å². The first kappa shape index (κ1) is 22.6. The lowest BCUT2D eigenvalue weighted by Crippen LogP contribution is -2.37. The molecule has 0 aromatic heterocycles. The van der Waals surface area contributed by atoms with Crippen LogP contribution in [-0.2, 0) is 0 Å². The lowest BCUT2D eigenvalue weighted by molar-refractivity contribution is -0.0131. The molecule has 0 fully saturated rings. The largest absolute Gasteiger partial charge is 0.508 e. The molecule has 0 spiro atoms. The van der Waals surface area contributed by atoms with Crippen molar-refractivity contribution in [1.29, 1.82) is 0 Å². The van der Waals surface area contributed by atoms with Gasteiger partial charge in [0.15, 0.2) is 35.9 Å². The Morgan fingerprint density at radius 1 is 0.829 bits per heavy atom. The maximum Gasteiger partial charge on any atom is 0.202 e. The highest BCUT2D eigenvalue weighted by Gasteiger charge is 2.40. The molecule has 5 N–H and O–H groups in total. The van der Waals surface area contributed by atoms with E-state index in [0.717, 1.165) is 6.07 Å². The Labute approximate surface area is 199 Å². The molecule has 2 heterocycles. The van der Waals surface area contributed by atoms with Gasteiger partial charge in [-0.05, 0) is 29.8 Å². The zero-order chi connectivity index (χ0) is 24.9. The number of aromatic hydroxyl groups is 3. The Morgan fingerprint density at radius 2 is 1.57 bits per heavy atom. The molecule has 3 aromatic rings. The van der Waals surface area contributed by atoms with Gasteiger partial charge in [-0.2, -0.15) is 0 Å².